The van der Waals surface area contributed by atoms with E-state index in [0.29, 0.717) is 33.3 Å². The van der Waals surface area contributed by atoms with E-state index in [1.165, 1.54) is 44.9 Å². The highest BCUT2D eigenvalue weighted by Crippen LogP contribution is 2.69. The predicted octanol–water partition coefficient (Wildman–Crippen LogP) is 11.1. The number of halogens is 4. The maximum atomic E-state index is 12.2. The molecule has 7 fully saturated rings. The topological polar surface area (TPSA) is 35.5 Å². The largest absolute Gasteiger partial charge is 0.469 e. The first-order valence-corrected chi connectivity index (χ1v) is 19.8. The van der Waals surface area contributed by atoms with Crippen LogP contribution in [0.4, 0.5) is 17.6 Å². The standard InChI is InChI=1S/C17H28O2.C16H28.C6H10F2O.2CH3F/c1-5-10-7-11(6-2)15-13-8-12(14(10)15)9-17(13,3)16(18)19-4;1-4-10-7-13-9-14(10)16-12(6-3)8-11(5-2)15(13)16;7-3-5-1-2-9-6(5)4-8;2*1-2/h10-15H,5-9H2,1-4H3;10-16H,4-9H2,1-3H3;5-6H,1-4H2;2*1H3. The zero-order chi connectivity index (χ0) is 35.8. The smallest absolute Gasteiger partial charge is 0.311 e. The van der Waals surface area contributed by atoms with Gasteiger partial charge in [-0.1, -0.05) is 66.7 Å². The van der Waals surface area contributed by atoms with E-state index < -0.39 is 19.5 Å². The first-order valence-electron chi connectivity index (χ1n) is 19.8. The molecule has 0 aromatic carbocycles. The third-order valence-electron chi connectivity index (χ3n) is 15.1. The van der Waals surface area contributed by atoms with E-state index in [1.54, 1.807) is 26.4 Å². The molecule has 0 spiro atoms. The van der Waals surface area contributed by atoms with Crippen molar-refractivity contribution >= 4 is 5.97 Å². The van der Waals surface area contributed by atoms with Crippen LogP contribution in [0.15, 0.2) is 0 Å². The van der Waals surface area contributed by atoms with Gasteiger partial charge in [0.25, 0.3) is 0 Å². The second-order valence-electron chi connectivity index (χ2n) is 16.5. The van der Waals surface area contributed by atoms with Gasteiger partial charge in [-0.3, -0.25) is 18.0 Å². The summed E-state index contributed by atoms with van der Waals surface area (Å²) >= 11 is 0. The lowest BCUT2D eigenvalue weighted by Gasteiger charge is -2.40. The minimum Gasteiger partial charge on any atom is -0.469 e. The molecule has 0 N–H and O–H groups in total. The fraction of sp³-hybridized carbons (Fsp3) is 0.976. The maximum Gasteiger partial charge on any atom is 0.311 e. The van der Waals surface area contributed by atoms with E-state index in [1.807, 2.05) is 0 Å². The fourth-order valence-corrected chi connectivity index (χ4v) is 13.3. The molecule has 16 unspecified atom stereocenters. The Balaban J connectivity index is 0.000000195. The molecular weight excluding hydrogens is 616 g/mol. The van der Waals surface area contributed by atoms with E-state index in [2.05, 4.69) is 41.5 Å². The van der Waals surface area contributed by atoms with Crippen LogP contribution in [0.3, 0.4) is 0 Å². The summed E-state index contributed by atoms with van der Waals surface area (Å²) in [4.78, 5) is 12.2. The average Bonchev–Trinajstić information content (AvgIpc) is 3.99. The third kappa shape index (κ3) is 7.81. The van der Waals surface area contributed by atoms with Crippen LogP contribution in [0.25, 0.3) is 0 Å². The molecule has 1 saturated heterocycles. The predicted molar refractivity (Wildman–Crippen MR) is 189 cm³/mol. The van der Waals surface area contributed by atoms with Gasteiger partial charge in [-0.25, -0.2) is 4.39 Å². The molecule has 0 radical (unpaired) electrons. The molecule has 1 heterocycles. The summed E-state index contributed by atoms with van der Waals surface area (Å²) in [7, 11) is 2.55. The molecular formula is C41H72F4O3. The SMILES string of the molecule is CCC1CC(CC)C2C1C1CC2C(C)(C(=O)OC)C1.CCC1CC2CC1C1C(CC)CC(CC)C21.CF.CF.FCC1CCOC1CF. The van der Waals surface area contributed by atoms with Crippen molar-refractivity contribution in [3.05, 3.63) is 0 Å². The number of carbonyl (C=O) groups is 1. The number of hydrogen-bond donors (Lipinski definition) is 0. The number of ether oxygens (including phenoxy) is 2. The number of esters is 1. The van der Waals surface area contributed by atoms with Crippen LogP contribution in [0.5, 0.6) is 0 Å². The number of methoxy groups -OCH3 is 1. The van der Waals surface area contributed by atoms with Gasteiger partial charge >= 0.3 is 5.97 Å². The van der Waals surface area contributed by atoms with Gasteiger partial charge in [0.1, 0.15) is 6.67 Å². The Morgan fingerprint density at radius 3 is 1.67 bits per heavy atom. The van der Waals surface area contributed by atoms with Crippen LogP contribution < -0.4 is 0 Å². The van der Waals surface area contributed by atoms with E-state index in [0.717, 1.165) is 77.4 Å². The van der Waals surface area contributed by atoms with E-state index in [-0.39, 0.29) is 17.3 Å². The van der Waals surface area contributed by atoms with Gasteiger partial charge in [0.15, 0.2) is 0 Å². The van der Waals surface area contributed by atoms with Crippen LogP contribution in [-0.4, -0.2) is 53.5 Å². The van der Waals surface area contributed by atoms with Crippen molar-refractivity contribution in [1.29, 1.82) is 0 Å². The molecule has 3 nitrogen and oxygen atoms in total. The molecule has 1 aliphatic heterocycles. The van der Waals surface area contributed by atoms with Gasteiger partial charge < -0.3 is 9.47 Å². The third-order valence-corrected chi connectivity index (χ3v) is 15.1. The Bertz CT molecular complexity index is 941. The summed E-state index contributed by atoms with van der Waals surface area (Å²) in [5.74, 6) is 12.6. The van der Waals surface area contributed by atoms with Crippen LogP contribution >= 0.6 is 0 Å². The summed E-state index contributed by atoms with van der Waals surface area (Å²) in [6.07, 6.45) is 15.8. The summed E-state index contributed by atoms with van der Waals surface area (Å²) in [5.41, 5.74) is -0.184. The molecule has 4 bridgehead atoms. The minimum absolute atomic E-state index is 0.0493. The van der Waals surface area contributed by atoms with Gasteiger partial charge in [-0.2, -0.15) is 0 Å². The van der Waals surface area contributed by atoms with Crippen molar-refractivity contribution in [2.24, 2.45) is 88.3 Å². The molecule has 6 aliphatic carbocycles. The second kappa shape index (κ2) is 19.1. The number of carbonyl (C=O) groups excluding carboxylic acids is 1. The minimum atomic E-state index is -0.547. The molecule has 16 atom stereocenters. The first kappa shape index (κ1) is 41.6. The Morgan fingerprint density at radius 2 is 1.19 bits per heavy atom. The zero-order valence-electron chi connectivity index (χ0n) is 32.0. The van der Waals surface area contributed by atoms with Crippen molar-refractivity contribution in [2.45, 2.75) is 125 Å². The molecule has 6 saturated carbocycles. The van der Waals surface area contributed by atoms with Gasteiger partial charge in [0.05, 0.1) is 39.7 Å². The Kier molecular flexibility index (Phi) is 16.6. The first-order chi connectivity index (χ1) is 23.2. The molecule has 0 amide bonds. The van der Waals surface area contributed by atoms with E-state index in [9.17, 15) is 22.4 Å². The van der Waals surface area contributed by atoms with Crippen LogP contribution in [0.1, 0.15) is 119 Å². The molecule has 7 heteroatoms. The number of hydrogen-bond acceptors (Lipinski definition) is 3. The summed E-state index contributed by atoms with van der Waals surface area (Å²) in [6, 6.07) is 0. The quantitative estimate of drug-likeness (QED) is 0.188. The normalized spacial score (nSPS) is 45.4. The Morgan fingerprint density at radius 1 is 0.667 bits per heavy atom. The van der Waals surface area contributed by atoms with Gasteiger partial charge in [-0.15, -0.1) is 0 Å². The lowest BCUT2D eigenvalue weighted by molar-refractivity contribution is -0.157. The van der Waals surface area contributed by atoms with Crippen LogP contribution in [0, 0.1) is 88.3 Å². The molecule has 282 valence electrons. The molecule has 48 heavy (non-hydrogen) atoms. The van der Waals surface area contributed by atoms with Crippen LogP contribution in [-0.2, 0) is 14.3 Å². The van der Waals surface area contributed by atoms with Crippen LogP contribution in [0.2, 0.25) is 0 Å². The molecule has 0 aromatic rings. The van der Waals surface area contributed by atoms with Gasteiger partial charge in [0.2, 0.25) is 0 Å². The second-order valence-corrected chi connectivity index (χ2v) is 16.5. The van der Waals surface area contributed by atoms with Crippen molar-refractivity contribution in [3.63, 3.8) is 0 Å². The average molecular weight is 689 g/mol. The number of rotatable bonds is 8. The summed E-state index contributed by atoms with van der Waals surface area (Å²) in [5, 5.41) is 0. The van der Waals surface area contributed by atoms with Crippen molar-refractivity contribution in [1.82, 2.24) is 0 Å². The van der Waals surface area contributed by atoms with Crippen molar-refractivity contribution in [2.75, 3.05) is 41.4 Å². The highest BCUT2D eigenvalue weighted by atomic mass is 19.1. The van der Waals surface area contributed by atoms with E-state index in [4.69, 9.17) is 9.47 Å². The molecule has 7 aliphatic rings. The molecule has 7 rings (SSSR count). The Hall–Kier alpha value is -0.850. The number of fused-ring (bicyclic) bond motifs is 10. The lowest BCUT2D eigenvalue weighted by atomic mass is 9.63. The Labute approximate surface area is 291 Å². The van der Waals surface area contributed by atoms with Crippen molar-refractivity contribution < 1.29 is 31.8 Å². The van der Waals surface area contributed by atoms with Gasteiger partial charge in [-0.05, 0) is 129 Å². The summed E-state index contributed by atoms with van der Waals surface area (Å²) < 4.78 is 52.7. The molecule has 0 aromatic heterocycles. The maximum absolute atomic E-state index is 12.2. The van der Waals surface area contributed by atoms with Crippen molar-refractivity contribution in [3.8, 4) is 0 Å². The highest BCUT2D eigenvalue weighted by molar-refractivity contribution is 5.77. The zero-order valence-corrected chi connectivity index (χ0v) is 32.0. The monoisotopic (exact) mass is 689 g/mol. The van der Waals surface area contributed by atoms with E-state index >= 15 is 0 Å². The lowest BCUT2D eigenvalue weighted by Crippen LogP contribution is -2.42. The summed E-state index contributed by atoms with van der Waals surface area (Å²) in [6.45, 7) is 13.7. The highest BCUT2D eigenvalue weighted by Gasteiger charge is 2.66. The fourth-order valence-electron chi connectivity index (χ4n) is 13.3. The number of alkyl halides is 4. The van der Waals surface area contributed by atoms with Gasteiger partial charge in [0, 0.05) is 12.5 Å².